The van der Waals surface area contributed by atoms with E-state index < -0.39 is 48.0 Å². The lowest BCUT2D eigenvalue weighted by molar-refractivity contribution is -0.167. The first kappa shape index (κ1) is 26.5. The summed E-state index contributed by atoms with van der Waals surface area (Å²) in [6, 6.07) is -2.21. The Labute approximate surface area is 181 Å². The molecule has 0 heterocycles. The molecule has 1 aliphatic rings. The van der Waals surface area contributed by atoms with Gasteiger partial charge in [0.05, 0.1) is 5.92 Å². The number of primary amides is 1. The van der Waals surface area contributed by atoms with Crippen molar-refractivity contribution in [2.75, 3.05) is 6.54 Å². The Balaban J connectivity index is 2.68. The summed E-state index contributed by atoms with van der Waals surface area (Å²) in [5.41, 5.74) is 10.6. The van der Waals surface area contributed by atoms with Gasteiger partial charge in [0.2, 0.25) is 12.0 Å². The van der Waals surface area contributed by atoms with Crippen molar-refractivity contribution < 1.29 is 38.6 Å². The van der Waals surface area contributed by atoms with Crippen LogP contribution in [0.1, 0.15) is 58.8 Å². The third kappa shape index (κ3) is 9.88. The van der Waals surface area contributed by atoms with Crippen molar-refractivity contribution in [1.29, 1.82) is 0 Å². The number of carbonyl (C=O) groups is 5. The van der Waals surface area contributed by atoms with Crippen molar-refractivity contribution in [3.63, 3.8) is 0 Å². The molecule has 0 aliphatic heterocycles. The number of carboxylic acid groups (broad SMARTS) is 1. The van der Waals surface area contributed by atoms with E-state index in [1.165, 1.54) is 0 Å². The molecule has 0 aromatic heterocycles. The van der Waals surface area contributed by atoms with Gasteiger partial charge in [0.25, 0.3) is 0 Å². The molecule has 0 radical (unpaired) electrons. The normalized spacial score (nSPS) is 17.0. The molecule has 176 valence electrons. The lowest BCUT2D eigenvalue weighted by Gasteiger charge is -2.22. The molecule has 1 saturated carbocycles. The van der Waals surface area contributed by atoms with E-state index in [-0.39, 0.29) is 37.6 Å². The first-order chi connectivity index (χ1) is 14.5. The van der Waals surface area contributed by atoms with Crippen LogP contribution in [0.5, 0.6) is 0 Å². The summed E-state index contributed by atoms with van der Waals surface area (Å²) < 4.78 is 9.91. The van der Waals surface area contributed by atoms with Gasteiger partial charge >= 0.3 is 23.9 Å². The number of esters is 3. The first-order valence-corrected chi connectivity index (χ1v) is 10.5. The molecule has 31 heavy (non-hydrogen) atoms. The minimum absolute atomic E-state index is 0.00741. The summed E-state index contributed by atoms with van der Waals surface area (Å²) in [4.78, 5) is 58.9. The number of ether oxygens (including phenoxy) is 2. The number of rotatable bonds is 13. The summed E-state index contributed by atoms with van der Waals surface area (Å²) in [5.74, 6) is -4.79. The van der Waals surface area contributed by atoms with Gasteiger partial charge in [-0.1, -0.05) is 26.7 Å². The summed E-state index contributed by atoms with van der Waals surface area (Å²) in [7, 11) is 0. The van der Waals surface area contributed by atoms with E-state index in [2.05, 4.69) is 5.32 Å². The van der Waals surface area contributed by atoms with E-state index in [1.807, 2.05) is 13.8 Å². The summed E-state index contributed by atoms with van der Waals surface area (Å²) in [6.45, 7) is 3.33. The second-order valence-electron chi connectivity index (χ2n) is 8.19. The van der Waals surface area contributed by atoms with Crippen molar-refractivity contribution in [3.8, 4) is 0 Å². The minimum atomic E-state index is -1.48. The van der Waals surface area contributed by atoms with Crippen LogP contribution >= 0.6 is 0 Å². The molecule has 1 rings (SSSR count). The second kappa shape index (κ2) is 13.0. The van der Waals surface area contributed by atoms with Crippen LogP contribution in [0.3, 0.4) is 0 Å². The molecule has 1 aliphatic carbocycles. The van der Waals surface area contributed by atoms with Crippen LogP contribution in [-0.4, -0.2) is 59.6 Å². The lowest BCUT2D eigenvalue weighted by Crippen LogP contribution is -2.47. The number of hydrogen-bond acceptors (Lipinski definition) is 9. The molecule has 1 fully saturated rings. The van der Waals surface area contributed by atoms with E-state index in [0.29, 0.717) is 12.8 Å². The predicted molar refractivity (Wildman–Crippen MR) is 108 cm³/mol. The fraction of sp³-hybridized carbons (Fsp3) is 0.750. The Hall–Kier alpha value is -2.53. The van der Waals surface area contributed by atoms with Gasteiger partial charge in [-0.25, -0.2) is 14.4 Å². The Morgan fingerprint density at radius 1 is 1.10 bits per heavy atom. The van der Waals surface area contributed by atoms with Crippen molar-refractivity contribution in [2.24, 2.45) is 23.3 Å². The smallest absolute Gasteiger partial charge is 0.346 e. The minimum Gasteiger partial charge on any atom is -0.478 e. The van der Waals surface area contributed by atoms with Crippen LogP contribution < -0.4 is 16.8 Å². The van der Waals surface area contributed by atoms with Gasteiger partial charge in [0.1, 0.15) is 12.1 Å². The molecular weight excluding hydrogens is 410 g/mol. The number of hydrogen-bond donors (Lipinski definition) is 4. The first-order valence-electron chi connectivity index (χ1n) is 10.5. The van der Waals surface area contributed by atoms with E-state index in [4.69, 9.17) is 20.9 Å². The molecule has 0 bridgehead atoms. The van der Waals surface area contributed by atoms with E-state index in [0.717, 1.165) is 12.8 Å². The molecule has 0 spiro atoms. The molecule has 11 nitrogen and oxygen atoms in total. The van der Waals surface area contributed by atoms with Crippen LogP contribution in [0.2, 0.25) is 0 Å². The van der Waals surface area contributed by atoms with E-state index >= 15 is 0 Å². The zero-order valence-corrected chi connectivity index (χ0v) is 18.0. The molecule has 0 aromatic carbocycles. The molecular formula is C20H33N3O8. The number of nitrogens with one attached hydrogen (secondary N) is 1. The number of carbonyl (C=O) groups excluding carboxylic acids is 4. The van der Waals surface area contributed by atoms with Gasteiger partial charge in [-0.2, -0.15) is 0 Å². The summed E-state index contributed by atoms with van der Waals surface area (Å²) in [5, 5.41) is 12.1. The van der Waals surface area contributed by atoms with Gasteiger partial charge in [0.15, 0.2) is 0 Å². The molecule has 0 unspecified atom stereocenters. The zero-order chi connectivity index (χ0) is 23.6. The number of nitrogens with two attached hydrogens (primary N) is 2. The maximum absolute atomic E-state index is 12.4. The van der Waals surface area contributed by atoms with Crippen molar-refractivity contribution in [3.05, 3.63) is 0 Å². The Morgan fingerprint density at radius 2 is 1.71 bits per heavy atom. The summed E-state index contributed by atoms with van der Waals surface area (Å²) in [6.07, 6.45) is 1.68. The third-order valence-corrected chi connectivity index (χ3v) is 4.97. The van der Waals surface area contributed by atoms with Crippen LogP contribution in [-0.2, 0) is 33.4 Å². The van der Waals surface area contributed by atoms with Crippen LogP contribution in [0, 0.1) is 11.8 Å². The summed E-state index contributed by atoms with van der Waals surface area (Å²) >= 11 is 0. The fourth-order valence-electron chi connectivity index (χ4n) is 3.22. The van der Waals surface area contributed by atoms with Gasteiger partial charge in [-0.3, -0.25) is 9.59 Å². The van der Waals surface area contributed by atoms with Crippen molar-refractivity contribution in [2.45, 2.75) is 77.0 Å². The Morgan fingerprint density at radius 3 is 2.23 bits per heavy atom. The highest BCUT2D eigenvalue weighted by molar-refractivity contribution is 5.91. The highest BCUT2D eigenvalue weighted by Gasteiger charge is 2.32. The SMILES string of the molecule is CC(C)C[C@H](NC[C@H](OC(=O)C1CCCC1)C(=O)O)C(=O)OC(=O)[C@@H](N)CCC(N)=O. The molecule has 3 atom stereocenters. The van der Waals surface area contributed by atoms with E-state index in [9.17, 15) is 29.1 Å². The Bertz CT molecular complexity index is 661. The number of carboxylic acids is 1. The van der Waals surface area contributed by atoms with Gasteiger partial charge in [-0.05, 0) is 31.6 Å². The molecule has 0 aromatic rings. The van der Waals surface area contributed by atoms with Crippen LogP contribution in [0.25, 0.3) is 0 Å². The maximum Gasteiger partial charge on any atom is 0.346 e. The maximum atomic E-state index is 12.4. The molecule has 0 saturated heterocycles. The fourth-order valence-corrected chi connectivity index (χ4v) is 3.22. The lowest BCUT2D eigenvalue weighted by atomic mass is 10.0. The Kier molecular flexibility index (Phi) is 11.1. The van der Waals surface area contributed by atoms with Gasteiger partial charge in [-0.15, -0.1) is 0 Å². The van der Waals surface area contributed by atoms with Crippen molar-refractivity contribution >= 4 is 29.8 Å². The standard InChI is InChI=1S/C20H33N3O8/c1-11(2)9-14(20(29)31-19(28)13(21)7-8-16(22)24)23-10-15(17(25)26)30-18(27)12-5-3-4-6-12/h11-15,23H,3-10,21H2,1-2H3,(H2,22,24)(H,25,26)/t13-,14-,15-/m0/s1. The second-order valence-corrected chi connectivity index (χ2v) is 8.19. The molecule has 6 N–H and O–H groups in total. The third-order valence-electron chi connectivity index (χ3n) is 4.97. The highest BCUT2D eigenvalue weighted by Crippen LogP contribution is 2.26. The number of amides is 1. The highest BCUT2D eigenvalue weighted by atomic mass is 16.6. The zero-order valence-electron chi connectivity index (χ0n) is 18.0. The predicted octanol–water partition coefficient (Wildman–Crippen LogP) is -0.160. The topological polar surface area (TPSA) is 188 Å². The quantitative estimate of drug-likeness (QED) is 0.220. The molecule has 11 heteroatoms. The average Bonchev–Trinajstić information content (AvgIpc) is 3.22. The monoisotopic (exact) mass is 443 g/mol. The van der Waals surface area contributed by atoms with Crippen LogP contribution in [0.15, 0.2) is 0 Å². The van der Waals surface area contributed by atoms with Crippen molar-refractivity contribution in [1.82, 2.24) is 5.32 Å². The van der Waals surface area contributed by atoms with Gasteiger partial charge < -0.3 is 31.4 Å². The number of aliphatic carboxylic acids is 1. The average molecular weight is 443 g/mol. The molecule has 1 amide bonds. The van der Waals surface area contributed by atoms with E-state index in [1.54, 1.807) is 0 Å². The van der Waals surface area contributed by atoms with Crippen LogP contribution in [0.4, 0.5) is 0 Å². The van der Waals surface area contributed by atoms with Gasteiger partial charge in [0, 0.05) is 13.0 Å². The largest absolute Gasteiger partial charge is 0.478 e.